The number of amides is 1. The van der Waals surface area contributed by atoms with Gasteiger partial charge in [-0.15, -0.1) is 0 Å². The zero-order chi connectivity index (χ0) is 16.8. The zero-order valence-corrected chi connectivity index (χ0v) is 14.4. The van der Waals surface area contributed by atoms with Crippen LogP contribution in [0.4, 0.5) is 0 Å². The Kier molecular flexibility index (Phi) is 7.03. The molecule has 0 fully saturated rings. The fourth-order valence-corrected chi connectivity index (χ4v) is 3.29. The molecule has 124 valence electrons. The first-order chi connectivity index (χ1) is 10.3. The van der Waals surface area contributed by atoms with Crippen LogP contribution in [-0.4, -0.2) is 39.8 Å². The number of ether oxygens (including phenoxy) is 1. The number of sulfone groups is 1. The van der Waals surface area contributed by atoms with E-state index in [1.54, 1.807) is 12.1 Å². The Morgan fingerprint density at radius 3 is 2.27 bits per heavy atom. The molecule has 0 aliphatic carbocycles. The lowest BCUT2D eigenvalue weighted by Crippen LogP contribution is -2.37. The van der Waals surface area contributed by atoms with Crippen molar-refractivity contribution in [3.05, 3.63) is 29.8 Å². The molecule has 0 aromatic heterocycles. The number of nitrogens with one attached hydrogen (secondary N) is 1. The molecule has 1 rings (SSSR count). The van der Waals surface area contributed by atoms with Gasteiger partial charge in [0, 0.05) is 18.7 Å². The molecule has 0 aliphatic rings. The largest absolute Gasteiger partial charge is 0.384 e. The smallest absolute Gasteiger partial charge is 0.251 e. The summed E-state index contributed by atoms with van der Waals surface area (Å²) in [4.78, 5) is 12.4. The molecule has 0 saturated carbocycles. The van der Waals surface area contributed by atoms with Crippen LogP contribution >= 0.6 is 0 Å². The van der Waals surface area contributed by atoms with Gasteiger partial charge >= 0.3 is 0 Å². The van der Waals surface area contributed by atoms with Gasteiger partial charge in [-0.25, -0.2) is 8.42 Å². The third-order valence-electron chi connectivity index (χ3n) is 3.59. The molecule has 0 heterocycles. The number of methoxy groups -OCH3 is 1. The van der Waals surface area contributed by atoms with Gasteiger partial charge in [0.25, 0.3) is 5.91 Å². The van der Waals surface area contributed by atoms with Crippen LogP contribution in [0.2, 0.25) is 0 Å². The first-order valence-corrected chi connectivity index (χ1v) is 9.09. The van der Waals surface area contributed by atoms with E-state index in [-0.39, 0.29) is 29.2 Å². The predicted octanol–water partition coefficient (Wildman–Crippen LogP) is 2.27. The molecule has 1 N–H and O–H groups in total. The van der Waals surface area contributed by atoms with Crippen LogP contribution in [0, 0.1) is 5.92 Å². The predicted molar refractivity (Wildman–Crippen MR) is 86.8 cm³/mol. The van der Waals surface area contributed by atoms with Crippen molar-refractivity contribution in [1.29, 1.82) is 0 Å². The molecule has 1 amide bonds. The zero-order valence-electron chi connectivity index (χ0n) is 13.6. The molecule has 22 heavy (non-hydrogen) atoms. The van der Waals surface area contributed by atoms with Gasteiger partial charge in [0.15, 0.2) is 9.84 Å². The lowest BCUT2D eigenvalue weighted by Gasteiger charge is -2.20. The lowest BCUT2D eigenvalue weighted by atomic mass is 10.0. The van der Waals surface area contributed by atoms with E-state index >= 15 is 0 Å². The summed E-state index contributed by atoms with van der Waals surface area (Å²) in [5.74, 6) is 0.101. The Morgan fingerprint density at radius 2 is 1.82 bits per heavy atom. The second kappa shape index (κ2) is 8.29. The fourth-order valence-electron chi connectivity index (χ4n) is 2.12. The monoisotopic (exact) mass is 327 g/mol. The van der Waals surface area contributed by atoms with Crippen molar-refractivity contribution in [2.75, 3.05) is 19.5 Å². The van der Waals surface area contributed by atoms with E-state index in [1.165, 1.54) is 19.2 Å². The van der Waals surface area contributed by atoms with Crippen molar-refractivity contribution in [2.45, 2.75) is 38.1 Å². The number of carbonyl (C=O) groups excluding carboxylic acids is 1. The summed E-state index contributed by atoms with van der Waals surface area (Å²) in [6, 6.07) is 6.13. The number of benzene rings is 1. The summed E-state index contributed by atoms with van der Waals surface area (Å²) < 4.78 is 28.8. The van der Waals surface area contributed by atoms with Gasteiger partial charge in [-0.05, 0) is 36.6 Å². The van der Waals surface area contributed by atoms with Crippen LogP contribution in [0.25, 0.3) is 0 Å². The highest BCUT2D eigenvalue weighted by atomic mass is 32.2. The van der Waals surface area contributed by atoms with Crippen LogP contribution in [0.5, 0.6) is 0 Å². The molecule has 0 radical (unpaired) electrons. The third kappa shape index (κ3) is 5.10. The number of hydrogen-bond donors (Lipinski definition) is 1. The van der Waals surface area contributed by atoms with Gasteiger partial charge < -0.3 is 10.1 Å². The molecule has 0 aliphatic heterocycles. The van der Waals surface area contributed by atoms with Gasteiger partial charge in [-0.1, -0.05) is 20.8 Å². The summed E-state index contributed by atoms with van der Waals surface area (Å²) in [6.45, 7) is 6.29. The van der Waals surface area contributed by atoms with Crippen molar-refractivity contribution in [2.24, 2.45) is 5.92 Å². The van der Waals surface area contributed by atoms with Crippen LogP contribution in [0.1, 0.15) is 37.6 Å². The van der Waals surface area contributed by atoms with Crippen molar-refractivity contribution >= 4 is 15.7 Å². The molecule has 1 unspecified atom stereocenters. The summed E-state index contributed by atoms with van der Waals surface area (Å²) in [6.07, 6.45) is 0.854. The van der Waals surface area contributed by atoms with E-state index in [1.807, 2.05) is 6.92 Å². The van der Waals surface area contributed by atoms with Gasteiger partial charge in [0.2, 0.25) is 0 Å². The molecular weight excluding hydrogens is 302 g/mol. The van der Waals surface area contributed by atoms with Gasteiger partial charge in [0.1, 0.15) is 0 Å². The topological polar surface area (TPSA) is 72.5 Å². The molecule has 0 saturated heterocycles. The Balaban J connectivity index is 2.82. The summed E-state index contributed by atoms with van der Waals surface area (Å²) in [7, 11) is -1.90. The highest BCUT2D eigenvalue weighted by Crippen LogP contribution is 2.13. The van der Waals surface area contributed by atoms with Gasteiger partial charge in [-0.3, -0.25) is 4.79 Å². The minimum absolute atomic E-state index is 0.0691. The van der Waals surface area contributed by atoms with E-state index in [9.17, 15) is 13.2 Å². The Hall–Kier alpha value is -1.40. The van der Waals surface area contributed by atoms with Crippen molar-refractivity contribution in [3.63, 3.8) is 0 Å². The molecule has 5 nitrogen and oxygen atoms in total. The van der Waals surface area contributed by atoms with Crippen molar-refractivity contribution < 1.29 is 17.9 Å². The molecular formula is C16H25NO4S. The van der Waals surface area contributed by atoms with E-state index in [0.717, 1.165) is 6.42 Å². The standard InChI is InChI=1S/C16H25NO4S/c1-5-15(12(2)3)17-16(18)13-6-8-14(9-7-13)22(19,20)11-10-21-4/h6-9,12,15H,5,10-11H2,1-4H3,(H,17,18). The molecule has 1 aromatic rings. The summed E-state index contributed by atoms with van der Waals surface area (Å²) in [5.41, 5.74) is 0.463. The summed E-state index contributed by atoms with van der Waals surface area (Å²) >= 11 is 0. The minimum Gasteiger partial charge on any atom is -0.384 e. The van der Waals surface area contributed by atoms with Crippen molar-refractivity contribution in [1.82, 2.24) is 5.32 Å². The molecule has 1 aromatic carbocycles. The van der Waals surface area contributed by atoms with Gasteiger partial charge in [0.05, 0.1) is 17.3 Å². The van der Waals surface area contributed by atoms with Crippen LogP contribution < -0.4 is 5.32 Å². The third-order valence-corrected chi connectivity index (χ3v) is 5.29. The van der Waals surface area contributed by atoms with Crippen LogP contribution in [0.3, 0.4) is 0 Å². The Bertz CT molecular complexity index is 579. The first-order valence-electron chi connectivity index (χ1n) is 7.44. The number of hydrogen-bond acceptors (Lipinski definition) is 4. The normalized spacial score (nSPS) is 13.1. The molecule has 0 spiro atoms. The average molecular weight is 327 g/mol. The maximum atomic E-state index is 12.2. The average Bonchev–Trinajstić information content (AvgIpc) is 2.50. The molecule has 0 bridgehead atoms. The summed E-state index contributed by atoms with van der Waals surface area (Å²) in [5, 5.41) is 2.97. The Labute approximate surface area is 133 Å². The maximum absolute atomic E-state index is 12.2. The molecule has 6 heteroatoms. The number of carbonyl (C=O) groups is 1. The van der Waals surface area contributed by atoms with E-state index in [4.69, 9.17) is 4.74 Å². The Morgan fingerprint density at radius 1 is 1.23 bits per heavy atom. The van der Waals surface area contributed by atoms with Gasteiger partial charge in [-0.2, -0.15) is 0 Å². The highest BCUT2D eigenvalue weighted by Gasteiger charge is 2.17. The minimum atomic E-state index is -3.36. The fraction of sp³-hybridized carbons (Fsp3) is 0.562. The molecule has 1 atom stereocenters. The second-order valence-electron chi connectivity index (χ2n) is 5.57. The van der Waals surface area contributed by atoms with Crippen LogP contribution in [0.15, 0.2) is 29.2 Å². The SMILES string of the molecule is CCC(NC(=O)c1ccc(S(=O)(=O)CCOC)cc1)C(C)C. The van der Waals surface area contributed by atoms with Crippen LogP contribution in [-0.2, 0) is 14.6 Å². The lowest BCUT2D eigenvalue weighted by molar-refractivity contribution is 0.0924. The van der Waals surface area contributed by atoms with E-state index in [0.29, 0.717) is 11.5 Å². The highest BCUT2D eigenvalue weighted by molar-refractivity contribution is 7.91. The first kappa shape index (κ1) is 18.6. The number of rotatable bonds is 8. The van der Waals surface area contributed by atoms with E-state index in [2.05, 4.69) is 19.2 Å². The van der Waals surface area contributed by atoms with E-state index < -0.39 is 9.84 Å². The second-order valence-corrected chi connectivity index (χ2v) is 7.68. The quantitative estimate of drug-likeness (QED) is 0.795. The van der Waals surface area contributed by atoms with Crippen molar-refractivity contribution in [3.8, 4) is 0 Å². The maximum Gasteiger partial charge on any atom is 0.251 e.